The smallest absolute Gasteiger partial charge is 0.0705 e. The van der Waals surface area contributed by atoms with Gasteiger partial charge < -0.3 is 4.90 Å². The van der Waals surface area contributed by atoms with Gasteiger partial charge in [-0.15, -0.1) is 0 Å². The molecular weight excluding hydrogens is 559 g/mol. The van der Waals surface area contributed by atoms with Crippen LogP contribution in [0.2, 0.25) is 10.0 Å². The first-order valence-corrected chi connectivity index (χ1v) is 15.2. The van der Waals surface area contributed by atoms with Crippen LogP contribution in [-0.4, -0.2) is 34.0 Å². The minimum absolute atomic E-state index is 0.457. The van der Waals surface area contributed by atoms with Crippen molar-refractivity contribution in [2.75, 3.05) is 18.0 Å². The second-order valence-corrected chi connectivity index (χ2v) is 12.0. The maximum Gasteiger partial charge on any atom is 0.0705 e. The van der Waals surface area contributed by atoms with Gasteiger partial charge in [-0.05, 0) is 91.6 Å². The number of anilines is 1. The summed E-state index contributed by atoms with van der Waals surface area (Å²) < 4.78 is 0. The first kappa shape index (κ1) is 28.4. The Morgan fingerprint density at radius 3 is 1.79 bits per heavy atom. The molecule has 1 aliphatic heterocycles. The van der Waals surface area contributed by atoms with Gasteiger partial charge in [0.15, 0.2) is 0 Å². The quantitative estimate of drug-likeness (QED) is 0.180. The molecule has 212 valence electrons. The maximum absolute atomic E-state index is 6.12. The van der Waals surface area contributed by atoms with Crippen LogP contribution >= 0.6 is 23.2 Å². The molecule has 0 bridgehead atoms. The first-order valence-electron chi connectivity index (χ1n) is 14.5. The summed E-state index contributed by atoms with van der Waals surface area (Å²) in [5.74, 6) is 0. The molecule has 0 unspecified atom stereocenters. The number of hydrogen-bond acceptors (Lipinski definition) is 4. The van der Waals surface area contributed by atoms with Crippen molar-refractivity contribution in [3.63, 3.8) is 0 Å². The van der Waals surface area contributed by atoms with E-state index in [2.05, 4.69) is 75.2 Å². The maximum atomic E-state index is 6.12. The molecule has 0 saturated carbocycles. The Balaban J connectivity index is 1.16. The van der Waals surface area contributed by atoms with Crippen molar-refractivity contribution in [3.8, 4) is 22.5 Å². The Bertz CT molecular complexity index is 1610. The van der Waals surface area contributed by atoms with Crippen LogP contribution < -0.4 is 4.90 Å². The fourth-order valence-electron chi connectivity index (χ4n) is 5.71. The molecule has 3 heterocycles. The lowest BCUT2D eigenvalue weighted by molar-refractivity contribution is 0.201. The van der Waals surface area contributed by atoms with E-state index < -0.39 is 0 Å². The normalized spacial score (nSPS) is 14.2. The standard InChI is InChI=1S/C36H34Cl2N4/c1-26-2-12-33(13-3-26)42(25-28-15-19-40-36(23-28)30-6-10-32(38)11-7-30)34-16-20-41(21-17-34)24-27-14-18-39-35(22-27)29-4-8-31(37)9-5-29/h2-15,18-19,22-23,34H,16-17,20-21,24-25H2,1H3. The third kappa shape index (κ3) is 7.01. The number of nitrogens with zero attached hydrogens (tertiary/aromatic N) is 4. The van der Waals surface area contributed by atoms with Gasteiger partial charge in [-0.1, -0.05) is 65.2 Å². The molecule has 0 aliphatic carbocycles. The Labute approximate surface area is 258 Å². The van der Waals surface area contributed by atoms with Crippen LogP contribution in [0.4, 0.5) is 5.69 Å². The van der Waals surface area contributed by atoms with E-state index in [9.17, 15) is 0 Å². The van der Waals surface area contributed by atoms with Gasteiger partial charge in [0.1, 0.15) is 0 Å². The van der Waals surface area contributed by atoms with Crippen LogP contribution in [0.3, 0.4) is 0 Å². The Hall–Kier alpha value is -3.70. The highest BCUT2D eigenvalue weighted by molar-refractivity contribution is 6.30. The summed E-state index contributed by atoms with van der Waals surface area (Å²) in [7, 11) is 0. The molecule has 3 aromatic carbocycles. The number of rotatable bonds is 8. The van der Waals surface area contributed by atoms with Gasteiger partial charge in [0.2, 0.25) is 0 Å². The third-order valence-electron chi connectivity index (χ3n) is 8.05. The molecule has 42 heavy (non-hydrogen) atoms. The van der Waals surface area contributed by atoms with E-state index in [0.29, 0.717) is 6.04 Å². The summed E-state index contributed by atoms with van der Waals surface area (Å²) in [6.45, 7) is 6.02. The monoisotopic (exact) mass is 592 g/mol. The molecule has 1 fully saturated rings. The average Bonchev–Trinajstić information content (AvgIpc) is 3.02. The van der Waals surface area contributed by atoms with Crippen LogP contribution in [-0.2, 0) is 13.1 Å². The fraction of sp³-hybridized carbons (Fsp3) is 0.222. The predicted octanol–water partition coefficient (Wildman–Crippen LogP) is 9.10. The summed E-state index contributed by atoms with van der Waals surface area (Å²) in [5, 5.41) is 1.47. The molecule has 0 radical (unpaired) electrons. The molecule has 0 amide bonds. The van der Waals surface area contributed by atoms with Crippen LogP contribution in [0, 0.1) is 6.92 Å². The fourth-order valence-corrected chi connectivity index (χ4v) is 5.97. The predicted molar refractivity (Wildman–Crippen MR) is 175 cm³/mol. The topological polar surface area (TPSA) is 32.3 Å². The van der Waals surface area contributed by atoms with Crippen molar-refractivity contribution < 1.29 is 0 Å². The SMILES string of the molecule is Cc1ccc(N(Cc2ccnc(-c3ccc(Cl)cc3)c2)C2CCN(Cc3ccnc(-c4ccc(Cl)cc4)c3)CC2)cc1. The average molecular weight is 594 g/mol. The van der Waals surface area contributed by atoms with Gasteiger partial charge in [-0.3, -0.25) is 14.9 Å². The lowest BCUT2D eigenvalue weighted by Gasteiger charge is -2.40. The zero-order valence-corrected chi connectivity index (χ0v) is 25.3. The molecule has 0 atom stereocenters. The Kier molecular flexibility index (Phi) is 8.85. The van der Waals surface area contributed by atoms with Crippen molar-refractivity contribution in [1.29, 1.82) is 0 Å². The van der Waals surface area contributed by atoms with Crippen LogP contribution in [0.25, 0.3) is 22.5 Å². The van der Waals surface area contributed by atoms with E-state index in [-0.39, 0.29) is 0 Å². The highest BCUT2D eigenvalue weighted by Gasteiger charge is 2.25. The summed E-state index contributed by atoms with van der Waals surface area (Å²) in [6.07, 6.45) is 6.05. The number of halogens is 2. The molecule has 6 rings (SSSR count). The lowest BCUT2D eigenvalue weighted by Crippen LogP contribution is -2.44. The van der Waals surface area contributed by atoms with E-state index in [1.165, 1.54) is 22.4 Å². The van der Waals surface area contributed by atoms with Crippen molar-refractivity contribution in [2.45, 2.75) is 38.9 Å². The zero-order chi connectivity index (χ0) is 28.9. The van der Waals surface area contributed by atoms with E-state index in [4.69, 9.17) is 23.2 Å². The molecule has 0 N–H and O–H groups in total. The molecule has 1 aliphatic rings. The molecule has 0 spiro atoms. The Morgan fingerprint density at radius 1 is 0.690 bits per heavy atom. The number of piperidine rings is 1. The molecule has 6 heteroatoms. The van der Waals surface area contributed by atoms with Crippen molar-refractivity contribution in [1.82, 2.24) is 14.9 Å². The van der Waals surface area contributed by atoms with Crippen LogP contribution in [0.1, 0.15) is 29.5 Å². The first-order chi connectivity index (χ1) is 20.5. The lowest BCUT2D eigenvalue weighted by atomic mass is 10.00. The van der Waals surface area contributed by atoms with Gasteiger partial charge in [-0.2, -0.15) is 0 Å². The minimum atomic E-state index is 0.457. The van der Waals surface area contributed by atoms with Gasteiger partial charge >= 0.3 is 0 Å². The summed E-state index contributed by atoms with van der Waals surface area (Å²) in [5.41, 5.74) is 9.21. The molecule has 2 aromatic heterocycles. The number of likely N-dealkylation sites (tertiary alicyclic amines) is 1. The van der Waals surface area contributed by atoms with Crippen molar-refractivity contribution >= 4 is 28.9 Å². The Morgan fingerprint density at radius 2 is 1.21 bits per heavy atom. The van der Waals surface area contributed by atoms with Gasteiger partial charge in [0.05, 0.1) is 11.4 Å². The largest absolute Gasteiger partial charge is 0.364 e. The van der Waals surface area contributed by atoms with Crippen LogP contribution in [0.5, 0.6) is 0 Å². The zero-order valence-electron chi connectivity index (χ0n) is 23.8. The van der Waals surface area contributed by atoms with Gasteiger partial charge in [0.25, 0.3) is 0 Å². The van der Waals surface area contributed by atoms with Crippen molar-refractivity contribution in [3.05, 3.63) is 136 Å². The van der Waals surface area contributed by atoms with E-state index in [1.807, 2.05) is 60.9 Å². The number of benzene rings is 3. The van der Waals surface area contributed by atoms with Crippen molar-refractivity contribution in [2.24, 2.45) is 0 Å². The number of aromatic nitrogens is 2. The van der Waals surface area contributed by atoms with Gasteiger partial charge in [-0.25, -0.2) is 0 Å². The molecule has 4 nitrogen and oxygen atoms in total. The van der Waals surface area contributed by atoms with Crippen LogP contribution in [0.15, 0.2) is 109 Å². The van der Waals surface area contributed by atoms with E-state index in [0.717, 1.165) is 71.6 Å². The summed E-state index contributed by atoms with van der Waals surface area (Å²) in [4.78, 5) is 14.4. The number of pyridine rings is 2. The van der Waals surface area contributed by atoms with E-state index >= 15 is 0 Å². The van der Waals surface area contributed by atoms with E-state index in [1.54, 1.807) is 0 Å². The number of hydrogen-bond donors (Lipinski definition) is 0. The number of aryl methyl sites for hydroxylation is 1. The minimum Gasteiger partial charge on any atom is -0.364 e. The molecular formula is C36H34Cl2N4. The second kappa shape index (κ2) is 13.1. The highest BCUT2D eigenvalue weighted by atomic mass is 35.5. The highest BCUT2D eigenvalue weighted by Crippen LogP contribution is 2.29. The summed E-state index contributed by atoms with van der Waals surface area (Å²) >= 11 is 12.2. The second-order valence-electron chi connectivity index (χ2n) is 11.1. The third-order valence-corrected chi connectivity index (χ3v) is 8.56. The van der Waals surface area contributed by atoms with Gasteiger partial charge in [0, 0.05) is 71.5 Å². The molecule has 1 saturated heterocycles. The summed E-state index contributed by atoms with van der Waals surface area (Å²) in [6, 6.07) is 33.9. The molecule has 5 aromatic rings.